The molecular weight excluding hydrogens is 606 g/mol. The molecule has 45 heavy (non-hydrogen) atoms. The molecule has 7 nitrogen and oxygen atoms in total. The first-order chi connectivity index (χ1) is 22.0. The molecule has 1 saturated heterocycles. The standard InChI is InChI=1S/C36H34ClN3O4S/c1-43-36(42)32-21-31-35(45-32)40(27-6-3-2-4-7-27)34(38-31)24-11-16-29(17-12-24)44-22-25-20-28(39-19-5-8-33(39)41)15-18-30(25)23-9-13-26(37)14-10-23/h9-18,20-21,27H,2-8,19,22H2,1H3. The Hall–Kier alpha value is -4.14. The lowest BCUT2D eigenvalue weighted by atomic mass is 9.95. The molecule has 1 amide bonds. The minimum atomic E-state index is -0.326. The van der Waals surface area contributed by atoms with Crippen molar-refractivity contribution in [3.05, 3.63) is 88.3 Å². The van der Waals surface area contributed by atoms with Crippen LogP contribution in [-0.4, -0.2) is 35.1 Å². The van der Waals surface area contributed by atoms with E-state index in [0.717, 1.165) is 75.7 Å². The van der Waals surface area contributed by atoms with Crippen LogP contribution in [-0.2, 0) is 16.1 Å². The van der Waals surface area contributed by atoms with Crippen LogP contribution in [0.25, 0.3) is 32.9 Å². The van der Waals surface area contributed by atoms with Crippen molar-refractivity contribution in [2.75, 3.05) is 18.6 Å². The summed E-state index contributed by atoms with van der Waals surface area (Å²) in [4.78, 5) is 33.2. The Balaban J connectivity index is 1.17. The van der Waals surface area contributed by atoms with E-state index in [1.165, 1.54) is 37.7 Å². The second kappa shape index (κ2) is 12.7. The maximum atomic E-state index is 12.5. The van der Waals surface area contributed by atoms with Crippen molar-refractivity contribution < 1.29 is 19.1 Å². The average Bonchev–Trinajstić information content (AvgIpc) is 3.79. The third kappa shape index (κ3) is 5.97. The molecular formula is C36H34ClN3O4S. The summed E-state index contributed by atoms with van der Waals surface area (Å²) in [7, 11) is 1.41. The van der Waals surface area contributed by atoms with Gasteiger partial charge in [0, 0.05) is 35.3 Å². The number of methoxy groups -OCH3 is 1. The molecule has 1 aliphatic carbocycles. The Kier molecular flexibility index (Phi) is 8.34. The number of halogens is 1. The van der Waals surface area contributed by atoms with Gasteiger partial charge < -0.3 is 18.9 Å². The molecule has 230 valence electrons. The van der Waals surface area contributed by atoms with Crippen LogP contribution >= 0.6 is 22.9 Å². The van der Waals surface area contributed by atoms with Crippen molar-refractivity contribution in [3.63, 3.8) is 0 Å². The first kappa shape index (κ1) is 29.6. The van der Waals surface area contributed by atoms with Gasteiger partial charge in [-0.2, -0.15) is 0 Å². The van der Waals surface area contributed by atoms with Crippen LogP contribution in [0.2, 0.25) is 5.02 Å². The van der Waals surface area contributed by atoms with Crippen molar-refractivity contribution >= 4 is 50.8 Å². The predicted molar refractivity (Wildman–Crippen MR) is 179 cm³/mol. The smallest absolute Gasteiger partial charge is 0.348 e. The molecule has 9 heteroatoms. The molecule has 7 rings (SSSR count). The number of ether oxygens (including phenoxy) is 2. The third-order valence-electron chi connectivity index (χ3n) is 8.83. The minimum Gasteiger partial charge on any atom is -0.489 e. The number of hydrogen-bond donors (Lipinski definition) is 0. The molecule has 3 heterocycles. The highest BCUT2D eigenvalue weighted by Gasteiger charge is 2.26. The SMILES string of the molecule is COC(=O)c1cc2nc(-c3ccc(OCc4cc(N5CCCC5=O)ccc4-c4ccc(Cl)cc4)cc3)n(C3CCCCC3)c2s1. The van der Waals surface area contributed by atoms with Crippen molar-refractivity contribution in [2.45, 2.75) is 57.6 Å². The minimum absolute atomic E-state index is 0.157. The van der Waals surface area contributed by atoms with E-state index in [1.807, 2.05) is 53.4 Å². The van der Waals surface area contributed by atoms with Gasteiger partial charge in [-0.3, -0.25) is 4.79 Å². The predicted octanol–water partition coefficient (Wildman–Crippen LogP) is 9.08. The second-order valence-electron chi connectivity index (χ2n) is 11.7. The van der Waals surface area contributed by atoms with Gasteiger partial charge in [0.05, 0.1) is 7.11 Å². The Bertz CT molecular complexity index is 1860. The molecule has 2 aliphatic rings. The van der Waals surface area contributed by atoms with E-state index >= 15 is 0 Å². The number of hydrogen-bond acceptors (Lipinski definition) is 6. The van der Waals surface area contributed by atoms with Gasteiger partial charge in [-0.05, 0) is 90.6 Å². The number of rotatable bonds is 8. The number of thiophene rings is 1. The molecule has 0 N–H and O–H groups in total. The van der Waals surface area contributed by atoms with Crippen LogP contribution < -0.4 is 9.64 Å². The van der Waals surface area contributed by atoms with Crippen LogP contribution in [0.15, 0.2) is 72.8 Å². The first-order valence-electron chi connectivity index (χ1n) is 15.5. The molecule has 1 saturated carbocycles. The number of carbonyl (C=O) groups excluding carboxylic acids is 2. The zero-order chi connectivity index (χ0) is 30.9. The van der Waals surface area contributed by atoms with Crippen molar-refractivity contribution in [1.29, 1.82) is 0 Å². The lowest BCUT2D eigenvalue weighted by Crippen LogP contribution is -2.23. The lowest BCUT2D eigenvalue weighted by Gasteiger charge is -2.25. The zero-order valence-electron chi connectivity index (χ0n) is 25.1. The van der Waals surface area contributed by atoms with E-state index in [-0.39, 0.29) is 11.9 Å². The highest BCUT2D eigenvalue weighted by molar-refractivity contribution is 7.20. The van der Waals surface area contributed by atoms with Crippen LogP contribution in [0.4, 0.5) is 5.69 Å². The maximum absolute atomic E-state index is 12.5. The quantitative estimate of drug-likeness (QED) is 0.158. The first-order valence-corrected chi connectivity index (χ1v) is 16.7. The van der Waals surface area contributed by atoms with E-state index in [1.54, 1.807) is 0 Å². The van der Waals surface area contributed by atoms with Crippen molar-refractivity contribution in [1.82, 2.24) is 9.55 Å². The van der Waals surface area contributed by atoms with Gasteiger partial charge in [0.15, 0.2) is 0 Å². The van der Waals surface area contributed by atoms with E-state index < -0.39 is 0 Å². The maximum Gasteiger partial charge on any atom is 0.348 e. The normalized spacial score (nSPS) is 15.6. The molecule has 0 radical (unpaired) electrons. The Labute approximate surface area is 271 Å². The van der Waals surface area contributed by atoms with Crippen LogP contribution in [0.3, 0.4) is 0 Å². The van der Waals surface area contributed by atoms with Crippen LogP contribution in [0.5, 0.6) is 5.75 Å². The van der Waals surface area contributed by atoms with Crippen LogP contribution in [0, 0.1) is 0 Å². The second-order valence-corrected chi connectivity index (χ2v) is 13.2. The average molecular weight is 640 g/mol. The summed E-state index contributed by atoms with van der Waals surface area (Å²) < 4.78 is 13.7. The number of nitrogens with zero attached hydrogens (tertiary/aromatic N) is 3. The summed E-state index contributed by atoms with van der Waals surface area (Å²) in [6.45, 7) is 1.08. The summed E-state index contributed by atoms with van der Waals surface area (Å²) in [5.41, 5.74) is 5.80. The Morgan fingerprint density at radius 2 is 1.71 bits per heavy atom. The topological polar surface area (TPSA) is 73.7 Å². The summed E-state index contributed by atoms with van der Waals surface area (Å²) in [5, 5.41) is 0.684. The van der Waals surface area contributed by atoms with E-state index in [2.05, 4.69) is 28.8 Å². The number of esters is 1. The fraction of sp³-hybridized carbons (Fsp3) is 0.306. The van der Waals surface area contributed by atoms with E-state index in [0.29, 0.717) is 29.0 Å². The fourth-order valence-electron chi connectivity index (χ4n) is 6.53. The van der Waals surface area contributed by atoms with Gasteiger partial charge >= 0.3 is 5.97 Å². The van der Waals surface area contributed by atoms with Gasteiger partial charge in [0.25, 0.3) is 0 Å². The monoisotopic (exact) mass is 639 g/mol. The molecule has 3 aromatic carbocycles. The van der Waals surface area contributed by atoms with Crippen molar-refractivity contribution in [2.24, 2.45) is 0 Å². The molecule has 0 unspecified atom stereocenters. The number of imidazole rings is 1. The van der Waals surface area contributed by atoms with E-state index in [9.17, 15) is 9.59 Å². The molecule has 5 aromatic rings. The third-order valence-corrected chi connectivity index (χ3v) is 10.2. The van der Waals surface area contributed by atoms with E-state index in [4.69, 9.17) is 26.1 Å². The number of carbonyl (C=O) groups is 2. The summed E-state index contributed by atoms with van der Waals surface area (Å²) >= 11 is 7.62. The molecule has 0 atom stereocenters. The number of amides is 1. The Morgan fingerprint density at radius 3 is 2.42 bits per heavy atom. The molecule has 0 bridgehead atoms. The number of anilines is 1. The summed E-state index contributed by atoms with van der Waals surface area (Å²) in [6.07, 6.45) is 7.30. The van der Waals surface area contributed by atoms with Gasteiger partial charge in [-0.25, -0.2) is 9.78 Å². The number of benzene rings is 3. The molecule has 2 fully saturated rings. The molecule has 2 aromatic heterocycles. The molecule has 1 aliphatic heterocycles. The van der Waals surface area contributed by atoms with Crippen molar-refractivity contribution in [3.8, 4) is 28.3 Å². The van der Waals surface area contributed by atoms with Gasteiger partial charge in [0.2, 0.25) is 5.91 Å². The zero-order valence-corrected chi connectivity index (χ0v) is 26.7. The highest BCUT2D eigenvalue weighted by atomic mass is 35.5. The summed E-state index contributed by atoms with van der Waals surface area (Å²) in [5.74, 6) is 1.49. The highest BCUT2D eigenvalue weighted by Crippen LogP contribution is 2.39. The number of fused-ring (bicyclic) bond motifs is 1. The summed E-state index contributed by atoms with van der Waals surface area (Å²) in [6, 6.07) is 24.2. The van der Waals surface area contributed by atoms with Gasteiger partial charge in [-0.1, -0.05) is 49.1 Å². The molecule has 0 spiro atoms. The lowest BCUT2D eigenvalue weighted by molar-refractivity contribution is -0.117. The fourth-order valence-corrected chi connectivity index (χ4v) is 7.75. The van der Waals surface area contributed by atoms with Gasteiger partial charge in [0.1, 0.15) is 33.4 Å². The van der Waals surface area contributed by atoms with Gasteiger partial charge in [-0.15, -0.1) is 11.3 Å². The number of aromatic nitrogens is 2. The Morgan fingerprint density at radius 1 is 0.956 bits per heavy atom. The van der Waals surface area contributed by atoms with Crippen LogP contribution in [0.1, 0.15) is 66.2 Å². The largest absolute Gasteiger partial charge is 0.489 e.